The molecule has 1 aliphatic rings. The van der Waals surface area contributed by atoms with Crippen molar-refractivity contribution in [3.05, 3.63) is 71.3 Å². The zero-order chi connectivity index (χ0) is 18.5. The minimum absolute atomic E-state index is 0.000288. The largest absolute Gasteiger partial charge is 0.339 e. The Morgan fingerprint density at radius 2 is 1.73 bits per heavy atom. The van der Waals surface area contributed by atoms with Crippen LogP contribution in [0, 0.1) is 0 Å². The molecule has 1 fully saturated rings. The normalized spacial score (nSPS) is 16.8. The molecular formula is C21H24N2O2S. The second-order valence-corrected chi connectivity index (χ2v) is 7.34. The van der Waals surface area contributed by atoms with Crippen LogP contribution in [0.1, 0.15) is 40.7 Å². The lowest BCUT2D eigenvalue weighted by atomic mass is 10.1. The number of rotatable bonds is 6. The minimum atomic E-state index is 0.000288. The zero-order valence-electron chi connectivity index (χ0n) is 15.2. The van der Waals surface area contributed by atoms with Crippen LogP contribution in [0.15, 0.2) is 54.6 Å². The van der Waals surface area contributed by atoms with E-state index in [0.717, 1.165) is 11.1 Å². The maximum Gasteiger partial charge on any atom is 0.253 e. The topological polar surface area (TPSA) is 40.6 Å². The van der Waals surface area contributed by atoms with Crippen LogP contribution in [0.3, 0.4) is 0 Å². The molecule has 0 N–H and O–H groups in total. The van der Waals surface area contributed by atoms with Crippen molar-refractivity contribution in [1.82, 2.24) is 9.80 Å². The number of hydrogen-bond acceptors (Lipinski definition) is 3. The molecule has 136 valence electrons. The molecule has 2 amide bonds. The van der Waals surface area contributed by atoms with Crippen LogP contribution in [-0.2, 0) is 11.3 Å². The van der Waals surface area contributed by atoms with Gasteiger partial charge in [0, 0.05) is 25.2 Å². The molecule has 0 saturated carbocycles. The third-order valence-corrected chi connectivity index (χ3v) is 5.91. The van der Waals surface area contributed by atoms with E-state index in [1.165, 1.54) is 0 Å². The summed E-state index contributed by atoms with van der Waals surface area (Å²) >= 11 is 1.64. The monoisotopic (exact) mass is 368 g/mol. The first-order valence-electron chi connectivity index (χ1n) is 8.98. The van der Waals surface area contributed by atoms with Gasteiger partial charge in [0.1, 0.15) is 5.37 Å². The molecule has 1 aliphatic heterocycles. The van der Waals surface area contributed by atoms with E-state index < -0.39 is 0 Å². The average Bonchev–Trinajstić information content (AvgIpc) is 3.04. The van der Waals surface area contributed by atoms with Gasteiger partial charge in [0.15, 0.2) is 0 Å². The van der Waals surface area contributed by atoms with E-state index in [2.05, 4.69) is 0 Å². The van der Waals surface area contributed by atoms with E-state index in [-0.39, 0.29) is 17.2 Å². The van der Waals surface area contributed by atoms with Gasteiger partial charge in [-0.2, -0.15) is 0 Å². The Kier molecular flexibility index (Phi) is 5.99. The number of carbonyl (C=O) groups excluding carboxylic acids is 2. The van der Waals surface area contributed by atoms with Crippen molar-refractivity contribution < 1.29 is 9.59 Å². The molecule has 26 heavy (non-hydrogen) atoms. The fourth-order valence-corrected chi connectivity index (χ4v) is 4.35. The maximum absolute atomic E-state index is 12.5. The first kappa shape index (κ1) is 18.5. The molecule has 2 aromatic rings. The van der Waals surface area contributed by atoms with E-state index >= 15 is 0 Å². The molecule has 3 rings (SSSR count). The lowest BCUT2D eigenvalue weighted by Crippen LogP contribution is -2.30. The summed E-state index contributed by atoms with van der Waals surface area (Å²) in [4.78, 5) is 28.5. The molecule has 1 heterocycles. The van der Waals surface area contributed by atoms with Crippen LogP contribution < -0.4 is 0 Å². The molecule has 0 aromatic heterocycles. The van der Waals surface area contributed by atoms with Gasteiger partial charge in [0.25, 0.3) is 5.91 Å². The Morgan fingerprint density at radius 3 is 2.35 bits per heavy atom. The summed E-state index contributed by atoms with van der Waals surface area (Å²) in [7, 11) is 0. The summed E-state index contributed by atoms with van der Waals surface area (Å²) in [5.74, 6) is 0.711. The highest BCUT2D eigenvalue weighted by atomic mass is 32.2. The number of thioether (sulfide) groups is 1. The summed E-state index contributed by atoms with van der Waals surface area (Å²) in [5, 5.41) is 0.000288. The molecule has 1 saturated heterocycles. The van der Waals surface area contributed by atoms with Crippen LogP contribution >= 0.6 is 11.8 Å². The second-order valence-electron chi connectivity index (χ2n) is 6.27. The number of benzene rings is 2. The molecule has 0 bridgehead atoms. The van der Waals surface area contributed by atoms with Crippen molar-refractivity contribution >= 4 is 23.6 Å². The lowest BCUT2D eigenvalue weighted by molar-refractivity contribution is -0.128. The number of nitrogens with zero attached hydrogens (tertiary/aromatic N) is 2. The number of carbonyl (C=O) groups is 2. The van der Waals surface area contributed by atoms with Crippen LogP contribution in [0.2, 0.25) is 0 Å². The van der Waals surface area contributed by atoms with Crippen molar-refractivity contribution in [3.63, 3.8) is 0 Å². The Bertz CT molecular complexity index is 757. The predicted molar refractivity (Wildman–Crippen MR) is 106 cm³/mol. The fraction of sp³-hybridized carbons (Fsp3) is 0.333. The molecule has 2 aromatic carbocycles. The zero-order valence-corrected chi connectivity index (χ0v) is 16.0. The third kappa shape index (κ3) is 3.93. The predicted octanol–water partition coefficient (Wildman–Crippen LogP) is 3.94. The second kappa shape index (κ2) is 8.41. The highest BCUT2D eigenvalue weighted by Crippen LogP contribution is 2.39. The summed E-state index contributed by atoms with van der Waals surface area (Å²) < 4.78 is 0. The Morgan fingerprint density at radius 1 is 1.08 bits per heavy atom. The van der Waals surface area contributed by atoms with E-state index in [4.69, 9.17) is 0 Å². The number of amides is 2. The summed E-state index contributed by atoms with van der Waals surface area (Å²) in [6.45, 7) is 5.98. The van der Waals surface area contributed by atoms with Gasteiger partial charge in [-0.3, -0.25) is 9.59 Å². The van der Waals surface area contributed by atoms with Gasteiger partial charge in [0.2, 0.25) is 5.91 Å². The van der Waals surface area contributed by atoms with Gasteiger partial charge in [-0.05, 0) is 37.1 Å². The van der Waals surface area contributed by atoms with E-state index in [0.29, 0.717) is 31.0 Å². The third-order valence-electron chi connectivity index (χ3n) is 4.66. The lowest BCUT2D eigenvalue weighted by Gasteiger charge is -2.25. The standard InChI is InChI=1S/C21H24N2O2S/c1-3-22(4-2)20(25)17-10-12-18(13-11-17)21-23(19(24)15-26-21)14-16-8-6-5-7-9-16/h5-13,21H,3-4,14-15H2,1-2H3/t21-/m0/s1. The van der Waals surface area contributed by atoms with Crippen molar-refractivity contribution in [2.75, 3.05) is 18.8 Å². The van der Waals surface area contributed by atoms with Crippen LogP contribution in [-0.4, -0.2) is 40.5 Å². The molecular weight excluding hydrogens is 344 g/mol. The Hall–Kier alpha value is -2.27. The van der Waals surface area contributed by atoms with E-state index in [1.54, 1.807) is 11.8 Å². The summed E-state index contributed by atoms with van der Waals surface area (Å²) in [6.07, 6.45) is 0. The van der Waals surface area contributed by atoms with Gasteiger partial charge >= 0.3 is 0 Å². The SMILES string of the molecule is CCN(CC)C(=O)c1ccc([C@@H]2SCC(=O)N2Cc2ccccc2)cc1. The number of hydrogen-bond donors (Lipinski definition) is 0. The van der Waals surface area contributed by atoms with Crippen LogP contribution in [0.4, 0.5) is 0 Å². The van der Waals surface area contributed by atoms with Crippen LogP contribution in [0.5, 0.6) is 0 Å². The average molecular weight is 369 g/mol. The smallest absolute Gasteiger partial charge is 0.253 e. The first-order valence-corrected chi connectivity index (χ1v) is 10.0. The highest BCUT2D eigenvalue weighted by Gasteiger charge is 2.32. The molecule has 4 nitrogen and oxygen atoms in total. The van der Waals surface area contributed by atoms with Gasteiger partial charge in [0.05, 0.1) is 5.75 Å². The molecule has 5 heteroatoms. The molecule has 0 unspecified atom stereocenters. The molecule has 0 radical (unpaired) electrons. The van der Waals surface area contributed by atoms with Crippen LogP contribution in [0.25, 0.3) is 0 Å². The Labute approximate surface area is 159 Å². The van der Waals surface area contributed by atoms with Gasteiger partial charge in [-0.25, -0.2) is 0 Å². The van der Waals surface area contributed by atoms with Gasteiger partial charge in [-0.1, -0.05) is 42.5 Å². The Balaban J connectivity index is 1.77. The van der Waals surface area contributed by atoms with Crippen molar-refractivity contribution in [3.8, 4) is 0 Å². The quantitative estimate of drug-likeness (QED) is 0.775. The van der Waals surface area contributed by atoms with Gasteiger partial charge in [-0.15, -0.1) is 11.8 Å². The van der Waals surface area contributed by atoms with E-state index in [1.807, 2.05) is 78.2 Å². The van der Waals surface area contributed by atoms with Gasteiger partial charge < -0.3 is 9.80 Å². The molecule has 0 spiro atoms. The minimum Gasteiger partial charge on any atom is -0.339 e. The van der Waals surface area contributed by atoms with Crippen molar-refractivity contribution in [1.29, 1.82) is 0 Å². The molecule has 0 aliphatic carbocycles. The highest BCUT2D eigenvalue weighted by molar-refractivity contribution is 8.00. The summed E-state index contributed by atoms with van der Waals surface area (Å²) in [5.41, 5.74) is 2.89. The first-order chi connectivity index (χ1) is 12.6. The summed E-state index contributed by atoms with van der Waals surface area (Å²) in [6, 6.07) is 17.7. The fourth-order valence-electron chi connectivity index (χ4n) is 3.16. The maximum atomic E-state index is 12.5. The molecule has 1 atom stereocenters. The van der Waals surface area contributed by atoms with Crippen molar-refractivity contribution in [2.24, 2.45) is 0 Å². The van der Waals surface area contributed by atoms with E-state index in [9.17, 15) is 9.59 Å². The van der Waals surface area contributed by atoms with Crippen molar-refractivity contribution in [2.45, 2.75) is 25.8 Å².